The molecule has 0 aromatic heterocycles. The predicted molar refractivity (Wildman–Crippen MR) is 96.6 cm³/mol. The van der Waals surface area contributed by atoms with Gasteiger partial charge < -0.3 is 5.11 Å². The molecule has 0 aromatic carbocycles. The van der Waals surface area contributed by atoms with Crippen molar-refractivity contribution in [3.05, 3.63) is 0 Å². The van der Waals surface area contributed by atoms with Gasteiger partial charge in [0.2, 0.25) is 0 Å². The molecule has 4 fully saturated rings. The summed E-state index contributed by atoms with van der Waals surface area (Å²) >= 11 is 0. The first-order valence-corrected chi connectivity index (χ1v) is 10.6. The molecule has 2 heteroatoms. The molecule has 136 valence electrons. The normalized spacial score (nSPS) is 53.8. The highest BCUT2D eigenvalue weighted by atomic mass is 16.4. The molecular weight excluding hydrogens is 296 g/mol. The fraction of sp³-hybridized carbons (Fsp3) is 0.955. The molecule has 4 aliphatic carbocycles. The van der Waals surface area contributed by atoms with Crippen LogP contribution < -0.4 is 0 Å². The van der Waals surface area contributed by atoms with Gasteiger partial charge in [0.25, 0.3) is 0 Å². The van der Waals surface area contributed by atoms with Crippen LogP contribution in [0.1, 0.15) is 85.0 Å². The summed E-state index contributed by atoms with van der Waals surface area (Å²) in [5.74, 6) is 3.66. The van der Waals surface area contributed by atoms with Crippen LogP contribution in [0.2, 0.25) is 0 Å². The van der Waals surface area contributed by atoms with Crippen LogP contribution in [0, 0.1) is 46.3 Å². The third-order valence-corrected chi connectivity index (χ3v) is 9.58. The molecule has 0 spiro atoms. The van der Waals surface area contributed by atoms with E-state index in [1.807, 2.05) is 0 Å². The Kier molecular flexibility index (Phi) is 4.05. The molecule has 0 aromatic rings. The maximum absolute atomic E-state index is 11.8. The van der Waals surface area contributed by atoms with E-state index < -0.39 is 5.97 Å². The Balaban J connectivity index is 1.64. The summed E-state index contributed by atoms with van der Waals surface area (Å²) in [7, 11) is 0. The number of hydrogen-bond donors (Lipinski definition) is 1. The van der Waals surface area contributed by atoms with Crippen LogP contribution in [0.25, 0.3) is 0 Å². The van der Waals surface area contributed by atoms with Crippen molar-refractivity contribution in [3.8, 4) is 0 Å². The highest BCUT2D eigenvalue weighted by Crippen LogP contribution is 2.68. The first-order valence-electron chi connectivity index (χ1n) is 10.6. The molecule has 8 unspecified atom stereocenters. The average Bonchev–Trinajstić information content (AvgIpc) is 2.91. The number of fused-ring (bicyclic) bond motifs is 5. The minimum Gasteiger partial charge on any atom is -0.481 e. The second kappa shape index (κ2) is 5.74. The van der Waals surface area contributed by atoms with E-state index in [0.29, 0.717) is 11.3 Å². The van der Waals surface area contributed by atoms with E-state index in [0.717, 1.165) is 30.1 Å². The van der Waals surface area contributed by atoms with Crippen LogP contribution in [0.4, 0.5) is 0 Å². The van der Waals surface area contributed by atoms with Gasteiger partial charge in [-0.1, -0.05) is 27.2 Å². The molecule has 8 atom stereocenters. The largest absolute Gasteiger partial charge is 0.481 e. The maximum Gasteiger partial charge on any atom is 0.307 e. The standard InChI is InChI=1S/C22H36O2/c1-4-22-12-9-14(2)13-15(22)5-6-16-17-7-8-19(20(23)24)21(17,3)11-10-18(16)22/h14-19H,4-13H2,1-3H3,(H,23,24). The van der Waals surface area contributed by atoms with Crippen LogP contribution in [0.3, 0.4) is 0 Å². The van der Waals surface area contributed by atoms with Gasteiger partial charge in [-0.05, 0) is 98.2 Å². The Hall–Kier alpha value is -0.530. The Morgan fingerprint density at radius 3 is 2.54 bits per heavy atom. The summed E-state index contributed by atoms with van der Waals surface area (Å²) in [6, 6.07) is 0. The van der Waals surface area contributed by atoms with E-state index in [1.165, 1.54) is 57.8 Å². The summed E-state index contributed by atoms with van der Waals surface area (Å²) in [4.78, 5) is 11.8. The predicted octanol–water partition coefficient (Wildman–Crippen LogP) is 5.76. The molecule has 0 radical (unpaired) electrons. The van der Waals surface area contributed by atoms with Crippen LogP contribution in [0.5, 0.6) is 0 Å². The van der Waals surface area contributed by atoms with Gasteiger partial charge in [-0.2, -0.15) is 0 Å². The van der Waals surface area contributed by atoms with Gasteiger partial charge >= 0.3 is 5.97 Å². The van der Waals surface area contributed by atoms with Gasteiger partial charge in [-0.15, -0.1) is 0 Å². The van der Waals surface area contributed by atoms with Gasteiger partial charge in [0, 0.05) is 0 Å². The van der Waals surface area contributed by atoms with Crippen LogP contribution >= 0.6 is 0 Å². The fourth-order valence-corrected chi connectivity index (χ4v) is 8.38. The number of carboxylic acids is 1. The zero-order valence-electron chi connectivity index (χ0n) is 15.9. The second-order valence-corrected chi connectivity index (χ2v) is 10.1. The number of aliphatic carboxylic acids is 1. The quantitative estimate of drug-likeness (QED) is 0.698. The van der Waals surface area contributed by atoms with E-state index in [9.17, 15) is 9.90 Å². The number of hydrogen-bond acceptors (Lipinski definition) is 1. The molecule has 0 saturated heterocycles. The minimum absolute atomic E-state index is 0.0786. The van der Waals surface area contributed by atoms with Crippen LogP contribution in [-0.4, -0.2) is 11.1 Å². The lowest BCUT2D eigenvalue weighted by Gasteiger charge is -2.62. The Labute approximate surface area is 147 Å². The van der Waals surface area contributed by atoms with Crippen LogP contribution in [-0.2, 0) is 4.79 Å². The minimum atomic E-state index is -0.524. The molecule has 1 N–H and O–H groups in total. The van der Waals surface area contributed by atoms with E-state index in [1.54, 1.807) is 0 Å². The summed E-state index contributed by atoms with van der Waals surface area (Å²) in [5.41, 5.74) is 0.675. The van der Waals surface area contributed by atoms with Crippen molar-refractivity contribution < 1.29 is 9.90 Å². The molecule has 0 amide bonds. The van der Waals surface area contributed by atoms with Crippen molar-refractivity contribution in [3.63, 3.8) is 0 Å². The zero-order chi connectivity index (χ0) is 17.1. The molecule has 4 aliphatic rings. The van der Waals surface area contributed by atoms with E-state index in [4.69, 9.17) is 0 Å². The molecule has 2 nitrogen and oxygen atoms in total. The fourth-order valence-electron chi connectivity index (χ4n) is 8.38. The first kappa shape index (κ1) is 16.9. The Morgan fingerprint density at radius 2 is 1.83 bits per heavy atom. The Morgan fingerprint density at radius 1 is 1.04 bits per heavy atom. The monoisotopic (exact) mass is 332 g/mol. The zero-order valence-corrected chi connectivity index (χ0v) is 15.9. The third kappa shape index (κ3) is 2.16. The molecule has 0 bridgehead atoms. The second-order valence-electron chi connectivity index (χ2n) is 10.1. The number of carbonyl (C=O) groups is 1. The molecule has 4 saturated carbocycles. The molecule has 4 rings (SSSR count). The van der Waals surface area contributed by atoms with Gasteiger partial charge in [0.1, 0.15) is 0 Å². The van der Waals surface area contributed by atoms with Crippen molar-refractivity contribution in [2.75, 3.05) is 0 Å². The summed E-state index contributed by atoms with van der Waals surface area (Å²) in [6.07, 6.45) is 13.1. The van der Waals surface area contributed by atoms with Crippen LogP contribution in [0.15, 0.2) is 0 Å². The summed E-state index contributed by atoms with van der Waals surface area (Å²) < 4.78 is 0. The maximum atomic E-state index is 11.8. The Bertz CT molecular complexity index is 514. The van der Waals surface area contributed by atoms with E-state index >= 15 is 0 Å². The third-order valence-electron chi connectivity index (χ3n) is 9.58. The lowest BCUT2D eigenvalue weighted by molar-refractivity contribution is -0.154. The highest BCUT2D eigenvalue weighted by Gasteiger charge is 2.61. The van der Waals surface area contributed by atoms with E-state index in [2.05, 4.69) is 20.8 Å². The number of carboxylic acid groups (broad SMARTS) is 1. The van der Waals surface area contributed by atoms with Gasteiger partial charge in [-0.3, -0.25) is 4.79 Å². The molecule has 24 heavy (non-hydrogen) atoms. The topological polar surface area (TPSA) is 37.3 Å². The van der Waals surface area contributed by atoms with Gasteiger partial charge in [-0.25, -0.2) is 0 Å². The molecular formula is C22H36O2. The molecule has 0 heterocycles. The van der Waals surface area contributed by atoms with Gasteiger partial charge in [0.15, 0.2) is 0 Å². The molecule has 0 aliphatic heterocycles. The van der Waals surface area contributed by atoms with Crippen molar-refractivity contribution >= 4 is 5.97 Å². The lowest BCUT2D eigenvalue weighted by atomic mass is 9.43. The van der Waals surface area contributed by atoms with Crippen molar-refractivity contribution in [1.29, 1.82) is 0 Å². The lowest BCUT2D eigenvalue weighted by Crippen LogP contribution is -2.54. The van der Waals surface area contributed by atoms with Crippen molar-refractivity contribution in [1.82, 2.24) is 0 Å². The smallest absolute Gasteiger partial charge is 0.307 e. The van der Waals surface area contributed by atoms with E-state index in [-0.39, 0.29) is 11.3 Å². The van der Waals surface area contributed by atoms with Crippen molar-refractivity contribution in [2.24, 2.45) is 46.3 Å². The van der Waals surface area contributed by atoms with Crippen molar-refractivity contribution in [2.45, 2.75) is 85.0 Å². The summed E-state index contributed by atoms with van der Waals surface area (Å²) in [6.45, 7) is 7.24. The van der Waals surface area contributed by atoms with Gasteiger partial charge in [0.05, 0.1) is 5.92 Å². The number of rotatable bonds is 2. The SMILES string of the molecule is CCC12CCC(C)CC1CCC1C3CCC(C(=O)O)C3(C)CCC12. The highest BCUT2D eigenvalue weighted by molar-refractivity contribution is 5.71. The average molecular weight is 333 g/mol. The summed E-state index contributed by atoms with van der Waals surface area (Å²) in [5, 5.41) is 9.73. The first-order chi connectivity index (χ1) is 11.4.